The van der Waals surface area contributed by atoms with Crippen molar-refractivity contribution in [3.8, 4) is 0 Å². The summed E-state index contributed by atoms with van der Waals surface area (Å²) in [6.45, 7) is 1.87. The minimum absolute atomic E-state index is 0.0954. The largest absolute Gasteiger partial charge is 0.416 e. The number of H-pyrrole nitrogens is 1. The maximum Gasteiger partial charge on any atom is 0.416 e. The Kier molecular flexibility index (Phi) is 4.13. The maximum absolute atomic E-state index is 12.9. The van der Waals surface area contributed by atoms with E-state index >= 15 is 0 Å². The molecular weight excluding hydrogens is 321 g/mol. The minimum Gasteiger partial charge on any atom is -0.391 e. The van der Waals surface area contributed by atoms with Crippen LogP contribution in [0.25, 0.3) is 0 Å². The lowest BCUT2D eigenvalue weighted by Gasteiger charge is -2.25. The molecular formula is C17H17F3N2O2. The monoisotopic (exact) mass is 338 g/mol. The molecule has 1 amide bonds. The van der Waals surface area contributed by atoms with Crippen LogP contribution in [0.3, 0.4) is 0 Å². The van der Waals surface area contributed by atoms with Gasteiger partial charge in [-0.3, -0.25) is 4.79 Å². The quantitative estimate of drug-likeness (QED) is 0.883. The molecule has 0 bridgehead atoms. The zero-order chi connectivity index (χ0) is 17.5. The molecule has 1 fully saturated rings. The highest BCUT2D eigenvalue weighted by Gasteiger charge is 2.38. The molecule has 24 heavy (non-hydrogen) atoms. The number of rotatable bonds is 2. The molecule has 0 radical (unpaired) electrons. The summed E-state index contributed by atoms with van der Waals surface area (Å²) in [6, 6.07) is 6.09. The van der Waals surface area contributed by atoms with E-state index in [9.17, 15) is 23.1 Å². The van der Waals surface area contributed by atoms with Gasteiger partial charge in [-0.25, -0.2) is 0 Å². The van der Waals surface area contributed by atoms with E-state index in [0.29, 0.717) is 11.3 Å². The zero-order valence-electron chi connectivity index (χ0n) is 13.0. The minimum atomic E-state index is -4.45. The Labute approximate surface area is 136 Å². The van der Waals surface area contributed by atoms with E-state index in [4.69, 9.17) is 0 Å². The Morgan fingerprint density at radius 3 is 2.71 bits per heavy atom. The SMILES string of the molecule is Cc1cc[nH]c1C(=O)N1C[C@@H](O)C[C@@H]1c1cccc(C(F)(F)F)c1. The molecule has 2 atom stereocenters. The topological polar surface area (TPSA) is 56.3 Å². The van der Waals surface area contributed by atoms with E-state index in [-0.39, 0.29) is 18.9 Å². The normalized spacial score (nSPS) is 21.3. The average molecular weight is 338 g/mol. The van der Waals surface area contributed by atoms with Gasteiger partial charge in [0.1, 0.15) is 5.69 Å². The molecule has 7 heteroatoms. The van der Waals surface area contributed by atoms with Crippen molar-refractivity contribution in [2.75, 3.05) is 6.54 Å². The summed E-state index contributed by atoms with van der Waals surface area (Å²) in [5.74, 6) is -0.323. The molecule has 1 aliphatic rings. The van der Waals surface area contributed by atoms with Crippen LogP contribution >= 0.6 is 0 Å². The van der Waals surface area contributed by atoms with E-state index in [1.807, 2.05) is 0 Å². The molecule has 0 aliphatic carbocycles. The Balaban J connectivity index is 1.94. The molecule has 1 aliphatic heterocycles. The summed E-state index contributed by atoms with van der Waals surface area (Å²) in [5.41, 5.74) is 0.758. The lowest BCUT2D eigenvalue weighted by Crippen LogP contribution is -2.32. The number of aromatic nitrogens is 1. The summed E-state index contributed by atoms with van der Waals surface area (Å²) in [5, 5.41) is 9.95. The van der Waals surface area contributed by atoms with Crippen LogP contribution in [0.15, 0.2) is 36.5 Å². The Morgan fingerprint density at radius 1 is 1.33 bits per heavy atom. The van der Waals surface area contributed by atoms with Crippen LogP contribution in [0.1, 0.15) is 39.6 Å². The molecule has 0 saturated carbocycles. The smallest absolute Gasteiger partial charge is 0.391 e. The van der Waals surface area contributed by atoms with E-state index in [0.717, 1.165) is 17.7 Å². The Morgan fingerprint density at radius 2 is 2.08 bits per heavy atom. The van der Waals surface area contributed by atoms with Gasteiger partial charge in [-0.15, -0.1) is 0 Å². The predicted octanol–water partition coefficient (Wildman–Crippen LogP) is 3.29. The standard InChI is InChI=1S/C17H17F3N2O2/c1-10-5-6-21-15(10)16(24)22-9-13(23)8-14(22)11-3-2-4-12(7-11)17(18,19)20/h2-7,13-14,21,23H,8-9H2,1H3/t13-,14+/m0/s1. The van der Waals surface area contributed by atoms with E-state index < -0.39 is 23.9 Å². The number of alkyl halides is 3. The van der Waals surface area contributed by atoms with Crippen molar-refractivity contribution >= 4 is 5.91 Å². The number of aromatic amines is 1. The molecule has 128 valence electrons. The van der Waals surface area contributed by atoms with Gasteiger partial charge < -0.3 is 15.0 Å². The number of nitrogens with zero attached hydrogens (tertiary/aromatic N) is 1. The third-order valence-corrected chi connectivity index (χ3v) is 4.31. The van der Waals surface area contributed by atoms with Gasteiger partial charge in [0, 0.05) is 12.7 Å². The van der Waals surface area contributed by atoms with E-state index in [2.05, 4.69) is 4.98 Å². The van der Waals surface area contributed by atoms with E-state index in [1.54, 1.807) is 25.3 Å². The number of carbonyl (C=O) groups excluding carboxylic acids is 1. The van der Waals surface area contributed by atoms with E-state index in [1.165, 1.54) is 11.0 Å². The van der Waals surface area contributed by atoms with Gasteiger partial charge in [0.05, 0.1) is 17.7 Å². The fourth-order valence-electron chi connectivity index (χ4n) is 3.10. The highest BCUT2D eigenvalue weighted by atomic mass is 19.4. The molecule has 1 aromatic heterocycles. The summed E-state index contributed by atoms with van der Waals surface area (Å²) < 4.78 is 38.8. The third-order valence-electron chi connectivity index (χ3n) is 4.31. The number of halogens is 3. The van der Waals surface area contributed by atoms with Crippen LogP contribution in [0.2, 0.25) is 0 Å². The Hall–Kier alpha value is -2.28. The number of benzene rings is 1. The van der Waals surface area contributed by atoms with Crippen LogP contribution < -0.4 is 0 Å². The van der Waals surface area contributed by atoms with Gasteiger partial charge in [-0.1, -0.05) is 12.1 Å². The van der Waals surface area contributed by atoms with Gasteiger partial charge in [0.2, 0.25) is 0 Å². The number of carbonyl (C=O) groups is 1. The van der Waals surface area contributed by atoms with Gasteiger partial charge in [-0.05, 0) is 42.7 Å². The molecule has 2 aromatic rings. The number of hydrogen-bond donors (Lipinski definition) is 2. The highest BCUT2D eigenvalue weighted by molar-refractivity contribution is 5.94. The lowest BCUT2D eigenvalue weighted by atomic mass is 10.0. The number of likely N-dealkylation sites (tertiary alicyclic amines) is 1. The molecule has 4 nitrogen and oxygen atoms in total. The molecule has 3 rings (SSSR count). The summed E-state index contributed by atoms with van der Waals surface area (Å²) in [7, 11) is 0. The van der Waals surface area contributed by atoms with Crippen molar-refractivity contribution in [1.29, 1.82) is 0 Å². The second-order valence-electron chi connectivity index (χ2n) is 6.02. The second-order valence-corrected chi connectivity index (χ2v) is 6.02. The van der Waals surface area contributed by atoms with Crippen LogP contribution in [0, 0.1) is 6.92 Å². The average Bonchev–Trinajstić information content (AvgIpc) is 3.12. The van der Waals surface area contributed by atoms with Gasteiger partial charge in [0.25, 0.3) is 5.91 Å². The number of hydrogen-bond acceptors (Lipinski definition) is 2. The first-order chi connectivity index (χ1) is 11.3. The maximum atomic E-state index is 12.9. The fraction of sp³-hybridized carbons (Fsp3) is 0.353. The summed E-state index contributed by atoms with van der Waals surface area (Å²) in [6.07, 6.45) is -3.36. The van der Waals surface area contributed by atoms with Crippen molar-refractivity contribution in [1.82, 2.24) is 9.88 Å². The van der Waals surface area contributed by atoms with Crippen molar-refractivity contribution in [2.45, 2.75) is 31.7 Å². The molecule has 0 unspecified atom stereocenters. The molecule has 2 heterocycles. The third kappa shape index (κ3) is 3.03. The Bertz CT molecular complexity index is 754. The highest BCUT2D eigenvalue weighted by Crippen LogP contribution is 2.36. The van der Waals surface area contributed by atoms with Crippen molar-refractivity contribution in [3.63, 3.8) is 0 Å². The summed E-state index contributed by atoms with van der Waals surface area (Å²) in [4.78, 5) is 17.0. The number of aliphatic hydroxyl groups is 1. The number of β-amino-alcohol motifs (C(OH)–C–C–N with tert-alkyl or cyclic N) is 1. The van der Waals surface area contributed by atoms with Gasteiger partial charge in [-0.2, -0.15) is 13.2 Å². The molecule has 1 aromatic carbocycles. The first kappa shape index (κ1) is 16.6. The number of aliphatic hydroxyl groups excluding tert-OH is 1. The van der Waals surface area contributed by atoms with Crippen LogP contribution in [-0.2, 0) is 6.18 Å². The van der Waals surface area contributed by atoms with Crippen molar-refractivity contribution in [3.05, 3.63) is 58.9 Å². The van der Waals surface area contributed by atoms with Gasteiger partial charge in [0.15, 0.2) is 0 Å². The first-order valence-electron chi connectivity index (χ1n) is 7.57. The molecule has 2 N–H and O–H groups in total. The van der Waals surface area contributed by atoms with Crippen molar-refractivity contribution in [2.24, 2.45) is 0 Å². The predicted molar refractivity (Wildman–Crippen MR) is 81.4 cm³/mol. The fourth-order valence-corrected chi connectivity index (χ4v) is 3.10. The van der Waals surface area contributed by atoms with Crippen LogP contribution in [0.5, 0.6) is 0 Å². The first-order valence-corrected chi connectivity index (χ1v) is 7.57. The number of aryl methyl sites for hydroxylation is 1. The van der Waals surface area contributed by atoms with Gasteiger partial charge >= 0.3 is 6.18 Å². The summed E-state index contributed by atoms with van der Waals surface area (Å²) >= 11 is 0. The van der Waals surface area contributed by atoms with Crippen molar-refractivity contribution < 1.29 is 23.1 Å². The second kappa shape index (κ2) is 5.98. The van der Waals surface area contributed by atoms with Crippen LogP contribution in [-0.4, -0.2) is 33.5 Å². The number of nitrogens with one attached hydrogen (secondary N) is 1. The zero-order valence-corrected chi connectivity index (χ0v) is 13.0. The van der Waals surface area contributed by atoms with Crippen LogP contribution in [0.4, 0.5) is 13.2 Å². The molecule has 1 saturated heterocycles. The lowest BCUT2D eigenvalue weighted by molar-refractivity contribution is -0.137. The molecule has 0 spiro atoms. The number of amides is 1.